The molecule has 0 rings (SSSR count). The predicted molar refractivity (Wildman–Crippen MR) is 72.9 cm³/mol. The molecule has 2 amide bonds. The third-order valence-corrected chi connectivity index (χ3v) is 2.60. The fraction of sp³-hybridized carbons (Fsp3) is 0.769. The second kappa shape index (κ2) is 6.69. The second-order valence-electron chi connectivity index (χ2n) is 6.23. The first-order chi connectivity index (χ1) is 8.85. The maximum Gasteiger partial charge on any atom is 0.306 e. The van der Waals surface area contributed by atoms with Crippen LogP contribution in [-0.2, 0) is 14.4 Å². The monoisotopic (exact) mass is 288 g/mol. The molecule has 7 heteroatoms. The average molecular weight is 288 g/mol. The molecule has 0 aromatic rings. The van der Waals surface area contributed by atoms with Crippen molar-refractivity contribution < 1.29 is 24.6 Å². The van der Waals surface area contributed by atoms with E-state index in [4.69, 9.17) is 5.11 Å². The van der Waals surface area contributed by atoms with Crippen molar-refractivity contribution >= 4 is 17.8 Å². The van der Waals surface area contributed by atoms with E-state index in [9.17, 15) is 19.5 Å². The van der Waals surface area contributed by atoms with Crippen molar-refractivity contribution in [3.05, 3.63) is 0 Å². The van der Waals surface area contributed by atoms with Gasteiger partial charge in [0.05, 0.1) is 12.0 Å². The summed E-state index contributed by atoms with van der Waals surface area (Å²) in [6.45, 7) is 7.82. The van der Waals surface area contributed by atoms with Gasteiger partial charge in [-0.2, -0.15) is 0 Å². The lowest BCUT2D eigenvalue weighted by Crippen LogP contribution is -2.51. The quantitative estimate of drug-likeness (QED) is 0.544. The van der Waals surface area contributed by atoms with Crippen LogP contribution in [0.25, 0.3) is 0 Å². The lowest BCUT2D eigenvalue weighted by atomic mass is 9.95. The Labute approximate surface area is 118 Å². The van der Waals surface area contributed by atoms with Gasteiger partial charge in [-0.05, 0) is 13.8 Å². The molecule has 0 heterocycles. The standard InChI is InChI=1S/C13H24N2O5/c1-8(15-11(19)12(2,3)4)10(18)14-7-13(5,20)6-9(16)17/h8,20H,6-7H2,1-5H3,(H,14,18)(H,15,19)(H,16,17). The van der Waals surface area contributed by atoms with Crippen LogP contribution in [0, 0.1) is 5.41 Å². The Bertz CT molecular complexity index is 385. The lowest BCUT2D eigenvalue weighted by molar-refractivity contribution is -0.142. The summed E-state index contributed by atoms with van der Waals surface area (Å²) >= 11 is 0. The molecule has 0 aromatic carbocycles. The topological polar surface area (TPSA) is 116 Å². The summed E-state index contributed by atoms with van der Waals surface area (Å²) < 4.78 is 0. The van der Waals surface area contributed by atoms with Crippen LogP contribution in [0.3, 0.4) is 0 Å². The molecule has 0 aromatic heterocycles. The third-order valence-electron chi connectivity index (χ3n) is 2.60. The molecule has 0 saturated carbocycles. The second-order valence-corrected chi connectivity index (χ2v) is 6.23. The largest absolute Gasteiger partial charge is 0.481 e. The maximum absolute atomic E-state index is 11.8. The molecule has 0 radical (unpaired) electrons. The van der Waals surface area contributed by atoms with Crippen LogP contribution < -0.4 is 10.6 Å². The van der Waals surface area contributed by atoms with E-state index < -0.39 is 35.4 Å². The molecular formula is C13H24N2O5. The van der Waals surface area contributed by atoms with Crippen molar-refractivity contribution in [1.82, 2.24) is 10.6 Å². The zero-order valence-electron chi connectivity index (χ0n) is 12.6. The number of hydrogen-bond donors (Lipinski definition) is 4. The zero-order chi connectivity index (χ0) is 16.1. The highest BCUT2D eigenvalue weighted by Gasteiger charge is 2.28. The van der Waals surface area contributed by atoms with Crippen molar-refractivity contribution in [1.29, 1.82) is 0 Å². The smallest absolute Gasteiger partial charge is 0.306 e. The summed E-state index contributed by atoms with van der Waals surface area (Å²) in [7, 11) is 0. The summed E-state index contributed by atoms with van der Waals surface area (Å²) in [6, 6.07) is -0.762. The van der Waals surface area contributed by atoms with Gasteiger partial charge in [0.25, 0.3) is 0 Å². The Kier molecular flexibility index (Phi) is 6.15. The number of amides is 2. The number of carboxylic acids is 1. The van der Waals surface area contributed by atoms with Gasteiger partial charge in [-0.3, -0.25) is 14.4 Å². The fourth-order valence-electron chi connectivity index (χ4n) is 1.30. The first-order valence-electron chi connectivity index (χ1n) is 6.38. The van der Waals surface area contributed by atoms with Gasteiger partial charge in [0, 0.05) is 12.0 Å². The molecule has 0 bridgehead atoms. The number of carbonyl (C=O) groups excluding carboxylic acids is 2. The van der Waals surface area contributed by atoms with Gasteiger partial charge in [-0.25, -0.2) is 0 Å². The molecule has 116 valence electrons. The Morgan fingerprint density at radius 1 is 1.15 bits per heavy atom. The van der Waals surface area contributed by atoms with E-state index in [0.717, 1.165) is 0 Å². The number of aliphatic carboxylic acids is 1. The number of aliphatic hydroxyl groups is 1. The van der Waals surface area contributed by atoms with Crippen LogP contribution in [0.1, 0.15) is 41.0 Å². The Morgan fingerprint density at radius 3 is 2.05 bits per heavy atom. The fourth-order valence-corrected chi connectivity index (χ4v) is 1.30. The zero-order valence-corrected chi connectivity index (χ0v) is 12.6. The van der Waals surface area contributed by atoms with Crippen molar-refractivity contribution in [3.63, 3.8) is 0 Å². The molecule has 0 aliphatic carbocycles. The minimum absolute atomic E-state index is 0.201. The van der Waals surface area contributed by atoms with E-state index in [-0.39, 0.29) is 12.5 Å². The maximum atomic E-state index is 11.8. The highest BCUT2D eigenvalue weighted by Crippen LogP contribution is 2.13. The minimum Gasteiger partial charge on any atom is -0.481 e. The molecule has 0 aliphatic rings. The van der Waals surface area contributed by atoms with Gasteiger partial charge in [0.15, 0.2) is 0 Å². The van der Waals surface area contributed by atoms with Crippen LogP contribution in [0.2, 0.25) is 0 Å². The summed E-state index contributed by atoms with van der Waals surface area (Å²) in [5.41, 5.74) is -2.14. The molecule has 20 heavy (non-hydrogen) atoms. The number of rotatable bonds is 6. The van der Waals surface area contributed by atoms with Gasteiger partial charge in [-0.1, -0.05) is 20.8 Å². The first kappa shape index (κ1) is 18.4. The van der Waals surface area contributed by atoms with Gasteiger partial charge in [0.2, 0.25) is 11.8 Å². The highest BCUT2D eigenvalue weighted by atomic mass is 16.4. The number of carbonyl (C=O) groups is 3. The van der Waals surface area contributed by atoms with Gasteiger partial charge in [0.1, 0.15) is 6.04 Å². The van der Waals surface area contributed by atoms with Crippen LogP contribution >= 0.6 is 0 Å². The summed E-state index contributed by atoms with van der Waals surface area (Å²) in [5, 5.41) is 23.3. The Hall–Kier alpha value is -1.63. The normalized spacial score (nSPS) is 15.9. The van der Waals surface area contributed by atoms with Crippen molar-refractivity contribution in [3.8, 4) is 0 Å². The van der Waals surface area contributed by atoms with Crippen molar-refractivity contribution in [2.24, 2.45) is 5.41 Å². The molecule has 0 saturated heterocycles. The Morgan fingerprint density at radius 2 is 1.65 bits per heavy atom. The first-order valence-corrected chi connectivity index (χ1v) is 6.38. The molecule has 0 spiro atoms. The molecule has 4 N–H and O–H groups in total. The summed E-state index contributed by atoms with van der Waals surface area (Å²) in [6.07, 6.45) is -0.476. The van der Waals surface area contributed by atoms with Crippen LogP contribution in [0.15, 0.2) is 0 Å². The van der Waals surface area contributed by atoms with E-state index in [2.05, 4.69) is 10.6 Å². The van der Waals surface area contributed by atoms with E-state index >= 15 is 0 Å². The molecule has 2 unspecified atom stereocenters. The van der Waals surface area contributed by atoms with Crippen molar-refractivity contribution in [2.75, 3.05) is 6.54 Å². The van der Waals surface area contributed by atoms with E-state index in [1.165, 1.54) is 13.8 Å². The molecule has 2 atom stereocenters. The lowest BCUT2D eigenvalue weighted by Gasteiger charge is -2.24. The minimum atomic E-state index is -1.53. The highest BCUT2D eigenvalue weighted by molar-refractivity contribution is 5.89. The summed E-state index contributed by atoms with van der Waals surface area (Å²) in [5.74, 6) is -1.90. The number of carboxylic acid groups (broad SMARTS) is 1. The van der Waals surface area contributed by atoms with Crippen LogP contribution in [-0.4, -0.2) is 46.2 Å². The SMILES string of the molecule is CC(NC(=O)C(C)(C)C)C(=O)NCC(C)(O)CC(=O)O. The predicted octanol–water partition coefficient (Wildman–Crippen LogP) is -0.121. The third kappa shape index (κ3) is 7.08. The van der Waals surface area contributed by atoms with Crippen LogP contribution in [0.4, 0.5) is 0 Å². The van der Waals surface area contributed by atoms with E-state index in [1.807, 2.05) is 0 Å². The molecule has 0 fully saturated rings. The Balaban J connectivity index is 4.35. The molecule has 7 nitrogen and oxygen atoms in total. The molecule has 0 aliphatic heterocycles. The number of hydrogen-bond acceptors (Lipinski definition) is 4. The van der Waals surface area contributed by atoms with Gasteiger partial charge >= 0.3 is 5.97 Å². The van der Waals surface area contributed by atoms with Crippen molar-refractivity contribution in [2.45, 2.75) is 52.7 Å². The van der Waals surface area contributed by atoms with Gasteiger partial charge < -0.3 is 20.8 Å². The van der Waals surface area contributed by atoms with E-state index in [1.54, 1.807) is 20.8 Å². The number of nitrogens with one attached hydrogen (secondary N) is 2. The van der Waals surface area contributed by atoms with Gasteiger partial charge in [-0.15, -0.1) is 0 Å². The molecular weight excluding hydrogens is 264 g/mol. The average Bonchev–Trinajstić information content (AvgIpc) is 2.22. The van der Waals surface area contributed by atoms with Crippen LogP contribution in [0.5, 0.6) is 0 Å². The summed E-state index contributed by atoms with van der Waals surface area (Å²) in [4.78, 5) is 34.0. The van der Waals surface area contributed by atoms with E-state index in [0.29, 0.717) is 0 Å².